The molecule has 0 radical (unpaired) electrons. The van der Waals surface area contributed by atoms with Crippen molar-refractivity contribution in [2.75, 3.05) is 0 Å². The molecular formula is C13H15N5. The summed E-state index contributed by atoms with van der Waals surface area (Å²) in [6.45, 7) is 6.23. The molecule has 0 saturated carbocycles. The van der Waals surface area contributed by atoms with E-state index in [1.807, 2.05) is 29.9 Å². The maximum atomic E-state index is 4.54. The van der Waals surface area contributed by atoms with Gasteiger partial charge in [-0.15, -0.1) is 0 Å². The van der Waals surface area contributed by atoms with Crippen molar-refractivity contribution >= 4 is 5.52 Å². The molecule has 0 aliphatic heterocycles. The molecule has 0 atom stereocenters. The summed E-state index contributed by atoms with van der Waals surface area (Å²) in [6.07, 6.45) is 5.53. The maximum Gasteiger partial charge on any atom is 0.179 e. The van der Waals surface area contributed by atoms with Gasteiger partial charge in [0.2, 0.25) is 0 Å². The van der Waals surface area contributed by atoms with Gasteiger partial charge in [-0.25, -0.2) is 14.2 Å². The highest BCUT2D eigenvalue weighted by atomic mass is 15.3. The van der Waals surface area contributed by atoms with Crippen molar-refractivity contribution in [2.24, 2.45) is 0 Å². The van der Waals surface area contributed by atoms with E-state index in [-0.39, 0.29) is 0 Å². The van der Waals surface area contributed by atoms with E-state index in [1.165, 1.54) is 0 Å². The fraction of sp³-hybridized carbons (Fsp3) is 0.308. The summed E-state index contributed by atoms with van der Waals surface area (Å²) in [5, 5.41) is 8.94. The maximum absolute atomic E-state index is 4.54. The smallest absolute Gasteiger partial charge is 0.179 e. The van der Waals surface area contributed by atoms with Crippen molar-refractivity contribution in [3.63, 3.8) is 0 Å². The second-order valence-electron chi connectivity index (χ2n) is 4.71. The molecule has 0 aliphatic rings. The summed E-state index contributed by atoms with van der Waals surface area (Å²) in [4.78, 5) is 4.40. The van der Waals surface area contributed by atoms with Gasteiger partial charge in [0.1, 0.15) is 5.52 Å². The lowest BCUT2D eigenvalue weighted by molar-refractivity contribution is 0.779. The number of hydrogen-bond donors (Lipinski definition) is 0. The van der Waals surface area contributed by atoms with E-state index in [2.05, 4.69) is 35.1 Å². The van der Waals surface area contributed by atoms with Crippen LogP contribution in [0.25, 0.3) is 11.3 Å². The van der Waals surface area contributed by atoms with E-state index in [9.17, 15) is 0 Å². The minimum absolute atomic E-state index is 0.400. The van der Waals surface area contributed by atoms with Crippen LogP contribution in [0.15, 0.2) is 30.7 Å². The van der Waals surface area contributed by atoms with Crippen molar-refractivity contribution < 1.29 is 0 Å². The minimum atomic E-state index is 0.400. The first kappa shape index (κ1) is 11.0. The largest absolute Gasteiger partial charge is 0.235 e. The standard InChI is InChI=1S/C13H15N5/c1-9(2)11-8-12-13(14-5-7-17(12)16-11)18-6-4-10(3)15-18/h4-9H,1-3H3. The SMILES string of the molecule is Cc1ccn(-c2nccn3nc(C(C)C)cc23)n1. The Hall–Kier alpha value is -2.17. The third kappa shape index (κ3) is 1.68. The normalized spacial score (nSPS) is 11.6. The molecule has 0 N–H and O–H groups in total. The fourth-order valence-corrected chi connectivity index (χ4v) is 1.92. The summed E-state index contributed by atoms with van der Waals surface area (Å²) in [5.74, 6) is 1.21. The van der Waals surface area contributed by atoms with Crippen LogP contribution in [-0.4, -0.2) is 24.4 Å². The van der Waals surface area contributed by atoms with Crippen LogP contribution in [0.4, 0.5) is 0 Å². The molecule has 0 bridgehead atoms. The number of aryl methyl sites for hydroxylation is 1. The first-order valence-corrected chi connectivity index (χ1v) is 6.02. The van der Waals surface area contributed by atoms with Gasteiger partial charge in [-0.1, -0.05) is 13.8 Å². The lowest BCUT2D eigenvalue weighted by Crippen LogP contribution is -2.01. The van der Waals surface area contributed by atoms with Crippen molar-refractivity contribution in [3.8, 4) is 5.82 Å². The van der Waals surface area contributed by atoms with Crippen LogP contribution in [0.5, 0.6) is 0 Å². The summed E-state index contributed by atoms with van der Waals surface area (Å²) in [5.41, 5.74) is 3.01. The topological polar surface area (TPSA) is 48.0 Å². The molecule has 3 aromatic heterocycles. The molecule has 0 amide bonds. The molecule has 5 heteroatoms. The zero-order valence-electron chi connectivity index (χ0n) is 10.7. The van der Waals surface area contributed by atoms with Crippen LogP contribution >= 0.6 is 0 Å². The average Bonchev–Trinajstić information content (AvgIpc) is 2.94. The molecule has 92 valence electrons. The van der Waals surface area contributed by atoms with Crippen molar-refractivity contribution in [3.05, 3.63) is 42.1 Å². The summed E-state index contributed by atoms with van der Waals surface area (Å²) >= 11 is 0. The Kier molecular flexibility index (Phi) is 2.40. The van der Waals surface area contributed by atoms with Crippen LogP contribution in [0.3, 0.4) is 0 Å². The Balaban J connectivity index is 2.23. The highest BCUT2D eigenvalue weighted by Crippen LogP contribution is 2.19. The molecule has 0 aromatic carbocycles. The zero-order chi connectivity index (χ0) is 12.7. The van der Waals surface area contributed by atoms with Crippen molar-refractivity contribution in [1.82, 2.24) is 24.4 Å². The van der Waals surface area contributed by atoms with E-state index in [0.717, 1.165) is 22.7 Å². The van der Waals surface area contributed by atoms with E-state index in [4.69, 9.17) is 0 Å². The number of rotatable bonds is 2. The summed E-state index contributed by atoms with van der Waals surface area (Å²) in [6, 6.07) is 4.04. The quantitative estimate of drug-likeness (QED) is 0.692. The molecule has 0 spiro atoms. The predicted molar refractivity (Wildman–Crippen MR) is 68.9 cm³/mol. The van der Waals surface area contributed by atoms with Crippen molar-refractivity contribution in [2.45, 2.75) is 26.7 Å². The number of fused-ring (bicyclic) bond motifs is 1. The number of nitrogens with zero attached hydrogens (tertiary/aromatic N) is 5. The average molecular weight is 241 g/mol. The molecular weight excluding hydrogens is 226 g/mol. The van der Waals surface area contributed by atoms with E-state index in [1.54, 1.807) is 10.9 Å². The second-order valence-corrected chi connectivity index (χ2v) is 4.71. The second kappa shape index (κ2) is 3.94. The van der Waals surface area contributed by atoms with Crippen LogP contribution in [-0.2, 0) is 0 Å². The van der Waals surface area contributed by atoms with E-state index < -0.39 is 0 Å². The van der Waals surface area contributed by atoms with E-state index in [0.29, 0.717) is 5.92 Å². The van der Waals surface area contributed by atoms with Gasteiger partial charge in [0, 0.05) is 18.6 Å². The lowest BCUT2D eigenvalue weighted by Gasteiger charge is -2.01. The molecule has 3 aromatic rings. The summed E-state index contributed by atoms with van der Waals surface area (Å²) < 4.78 is 3.64. The molecule has 0 unspecified atom stereocenters. The van der Waals surface area contributed by atoms with Gasteiger partial charge in [0.25, 0.3) is 0 Å². The third-order valence-electron chi connectivity index (χ3n) is 2.92. The van der Waals surface area contributed by atoms with Gasteiger partial charge in [0.05, 0.1) is 11.4 Å². The molecule has 0 fully saturated rings. The van der Waals surface area contributed by atoms with Gasteiger partial charge in [-0.05, 0) is 25.0 Å². The first-order chi connectivity index (χ1) is 8.65. The molecule has 5 nitrogen and oxygen atoms in total. The van der Waals surface area contributed by atoms with Crippen LogP contribution in [0.2, 0.25) is 0 Å². The number of hydrogen-bond acceptors (Lipinski definition) is 3. The Morgan fingerprint density at radius 2 is 2.00 bits per heavy atom. The van der Waals surface area contributed by atoms with Crippen LogP contribution in [0, 0.1) is 6.92 Å². The van der Waals surface area contributed by atoms with Gasteiger partial charge in [0.15, 0.2) is 5.82 Å². The minimum Gasteiger partial charge on any atom is -0.235 e. The Labute approximate surface area is 105 Å². The Morgan fingerprint density at radius 1 is 1.17 bits per heavy atom. The van der Waals surface area contributed by atoms with Crippen molar-refractivity contribution in [1.29, 1.82) is 0 Å². The zero-order valence-corrected chi connectivity index (χ0v) is 10.7. The first-order valence-electron chi connectivity index (χ1n) is 6.02. The lowest BCUT2D eigenvalue weighted by atomic mass is 10.1. The van der Waals surface area contributed by atoms with Gasteiger partial charge >= 0.3 is 0 Å². The molecule has 18 heavy (non-hydrogen) atoms. The molecule has 3 rings (SSSR count). The predicted octanol–water partition coefficient (Wildman–Crippen LogP) is 2.35. The van der Waals surface area contributed by atoms with Crippen LogP contribution in [0.1, 0.15) is 31.2 Å². The highest BCUT2D eigenvalue weighted by molar-refractivity contribution is 5.60. The fourth-order valence-electron chi connectivity index (χ4n) is 1.92. The third-order valence-corrected chi connectivity index (χ3v) is 2.92. The monoisotopic (exact) mass is 241 g/mol. The molecule has 0 saturated heterocycles. The van der Waals surface area contributed by atoms with Gasteiger partial charge < -0.3 is 0 Å². The molecule has 3 heterocycles. The highest BCUT2D eigenvalue weighted by Gasteiger charge is 2.11. The van der Waals surface area contributed by atoms with Gasteiger partial charge in [-0.3, -0.25) is 0 Å². The molecule has 0 aliphatic carbocycles. The number of aromatic nitrogens is 5. The van der Waals surface area contributed by atoms with Crippen LogP contribution < -0.4 is 0 Å². The Morgan fingerprint density at radius 3 is 2.67 bits per heavy atom. The Bertz CT molecular complexity index is 692. The summed E-state index contributed by atoms with van der Waals surface area (Å²) in [7, 11) is 0. The van der Waals surface area contributed by atoms with Gasteiger partial charge in [-0.2, -0.15) is 10.2 Å². The van der Waals surface area contributed by atoms with E-state index >= 15 is 0 Å².